The van der Waals surface area contributed by atoms with Crippen molar-refractivity contribution in [1.29, 1.82) is 0 Å². The second-order valence-corrected chi connectivity index (χ2v) is 13.9. The van der Waals surface area contributed by atoms with Gasteiger partial charge in [-0.25, -0.2) is 0 Å². The molecule has 7 heteroatoms. The molecule has 0 unspecified atom stereocenters. The number of aryl methyl sites for hydroxylation is 1. The van der Waals surface area contributed by atoms with Crippen LogP contribution in [0.1, 0.15) is 101 Å². The molecule has 6 rings (SSSR count). The van der Waals surface area contributed by atoms with Gasteiger partial charge in [-0.05, 0) is 132 Å². The fraction of sp³-hybridized carbons (Fsp3) is 0.553. The van der Waals surface area contributed by atoms with Crippen LogP contribution in [0, 0.1) is 24.7 Å². The number of amides is 1. The minimum absolute atomic E-state index is 0.0759. The Morgan fingerprint density at radius 2 is 1.64 bits per heavy atom. The fourth-order valence-electron chi connectivity index (χ4n) is 7.42. The van der Waals surface area contributed by atoms with Gasteiger partial charge in [0.25, 0.3) is 0 Å². The zero-order valence-electron chi connectivity index (χ0n) is 27.4. The van der Waals surface area contributed by atoms with Crippen LogP contribution in [0.15, 0.2) is 54.9 Å². The van der Waals surface area contributed by atoms with Gasteiger partial charge in [0.15, 0.2) is 0 Å². The lowest BCUT2D eigenvalue weighted by Gasteiger charge is -2.36. The first-order chi connectivity index (χ1) is 21.8. The van der Waals surface area contributed by atoms with Crippen LogP contribution >= 0.6 is 0 Å². The van der Waals surface area contributed by atoms with E-state index in [1.807, 2.05) is 20.0 Å². The van der Waals surface area contributed by atoms with Crippen molar-refractivity contribution in [3.63, 3.8) is 0 Å². The standard InChI is InChI=1S/C38H49N3O4/c1-25(2)45-38(43)30-14-12-29(13-15-30)37(42)40(35-7-5-6-31(21-35)33-22-39-41(24-33)34-17-18-34)23-27-8-10-28(11-9-27)32-16-19-36(44-4)26(3)20-32/h5-7,16,19-22,24-25,27-30,34H,8-15,17-18,23H2,1-4H3/t27-,28-,29-,30-. The third kappa shape index (κ3) is 7.45. The lowest BCUT2D eigenvalue weighted by Crippen LogP contribution is -2.42. The van der Waals surface area contributed by atoms with Crippen molar-refractivity contribution in [2.24, 2.45) is 17.8 Å². The maximum Gasteiger partial charge on any atom is 0.309 e. The molecular formula is C38H49N3O4. The molecule has 7 nitrogen and oxygen atoms in total. The van der Waals surface area contributed by atoms with Gasteiger partial charge in [-0.3, -0.25) is 14.3 Å². The van der Waals surface area contributed by atoms with Crippen molar-refractivity contribution in [2.75, 3.05) is 18.6 Å². The van der Waals surface area contributed by atoms with Crippen molar-refractivity contribution in [1.82, 2.24) is 9.78 Å². The molecule has 3 fully saturated rings. The van der Waals surface area contributed by atoms with Crippen molar-refractivity contribution in [2.45, 2.75) is 103 Å². The van der Waals surface area contributed by atoms with Gasteiger partial charge in [-0.1, -0.05) is 24.3 Å². The fourth-order valence-corrected chi connectivity index (χ4v) is 7.42. The third-order valence-corrected chi connectivity index (χ3v) is 10.2. The highest BCUT2D eigenvalue weighted by molar-refractivity contribution is 5.96. The SMILES string of the molecule is COc1ccc([C@H]2CC[C@H](CN(c3cccc(-c4cnn(C5CC5)c4)c3)C(=O)[C@H]3CC[C@H](C(=O)OC(C)C)CC3)CC2)cc1C. The number of methoxy groups -OCH3 is 1. The molecule has 3 aliphatic carbocycles. The van der Waals surface area contributed by atoms with Gasteiger partial charge in [-0.2, -0.15) is 5.10 Å². The minimum atomic E-state index is -0.115. The largest absolute Gasteiger partial charge is 0.496 e. The Morgan fingerprint density at radius 3 is 2.31 bits per heavy atom. The van der Waals surface area contributed by atoms with Crippen LogP contribution in [-0.4, -0.2) is 41.4 Å². The zero-order chi connectivity index (χ0) is 31.5. The van der Waals surface area contributed by atoms with Gasteiger partial charge in [-0.15, -0.1) is 0 Å². The molecule has 0 saturated heterocycles. The lowest BCUT2D eigenvalue weighted by molar-refractivity contribution is -0.154. The highest BCUT2D eigenvalue weighted by Gasteiger charge is 2.35. The second kappa shape index (κ2) is 13.8. The van der Waals surface area contributed by atoms with Crippen molar-refractivity contribution in [3.8, 4) is 16.9 Å². The summed E-state index contributed by atoms with van der Waals surface area (Å²) in [6.07, 6.45) is 13.7. The van der Waals surface area contributed by atoms with E-state index in [1.54, 1.807) is 7.11 Å². The van der Waals surface area contributed by atoms with E-state index >= 15 is 0 Å². The first kappa shape index (κ1) is 31.4. The van der Waals surface area contributed by atoms with E-state index in [0.717, 1.165) is 67.6 Å². The number of benzene rings is 2. The molecule has 0 spiro atoms. The molecule has 0 bridgehead atoms. The maximum absolute atomic E-state index is 14.3. The summed E-state index contributed by atoms with van der Waals surface area (Å²) in [4.78, 5) is 29.0. The number of rotatable bonds is 10. The van der Waals surface area contributed by atoms with Crippen LogP contribution in [0.5, 0.6) is 5.75 Å². The van der Waals surface area contributed by atoms with Gasteiger partial charge < -0.3 is 14.4 Å². The number of aromatic nitrogens is 2. The number of nitrogens with zero attached hydrogens (tertiary/aromatic N) is 3. The van der Waals surface area contributed by atoms with E-state index in [0.29, 0.717) is 30.7 Å². The number of ether oxygens (including phenoxy) is 2. The third-order valence-electron chi connectivity index (χ3n) is 10.2. The summed E-state index contributed by atoms with van der Waals surface area (Å²) >= 11 is 0. The van der Waals surface area contributed by atoms with Crippen LogP contribution in [0.2, 0.25) is 0 Å². The molecular weight excluding hydrogens is 562 g/mol. The van der Waals surface area contributed by atoms with Crippen molar-refractivity contribution in [3.05, 3.63) is 66.0 Å². The number of hydrogen-bond donors (Lipinski definition) is 0. The predicted molar refractivity (Wildman–Crippen MR) is 177 cm³/mol. The van der Waals surface area contributed by atoms with Gasteiger partial charge in [0, 0.05) is 29.9 Å². The molecule has 1 aromatic heterocycles. The number of hydrogen-bond acceptors (Lipinski definition) is 5. The van der Waals surface area contributed by atoms with Crippen molar-refractivity contribution < 1.29 is 19.1 Å². The first-order valence-corrected chi connectivity index (χ1v) is 17.1. The van der Waals surface area contributed by atoms with E-state index in [4.69, 9.17) is 9.47 Å². The van der Waals surface area contributed by atoms with E-state index in [-0.39, 0.29) is 29.8 Å². The van der Waals surface area contributed by atoms with Crippen LogP contribution in [0.4, 0.5) is 5.69 Å². The highest BCUT2D eigenvalue weighted by atomic mass is 16.5. The van der Waals surface area contributed by atoms with E-state index < -0.39 is 0 Å². The van der Waals surface area contributed by atoms with Crippen LogP contribution in [0.25, 0.3) is 11.1 Å². The van der Waals surface area contributed by atoms with Gasteiger partial charge in [0.1, 0.15) is 5.75 Å². The van der Waals surface area contributed by atoms with Crippen LogP contribution < -0.4 is 9.64 Å². The lowest BCUT2D eigenvalue weighted by atomic mass is 9.77. The highest BCUT2D eigenvalue weighted by Crippen LogP contribution is 2.40. The quantitative estimate of drug-likeness (QED) is 0.216. The van der Waals surface area contributed by atoms with Crippen molar-refractivity contribution >= 4 is 17.6 Å². The normalized spacial score (nSPS) is 23.5. The molecule has 45 heavy (non-hydrogen) atoms. The maximum atomic E-state index is 14.3. The van der Waals surface area contributed by atoms with Gasteiger partial charge in [0.05, 0.1) is 31.4 Å². The minimum Gasteiger partial charge on any atom is -0.496 e. The molecule has 0 atom stereocenters. The molecule has 3 saturated carbocycles. The van der Waals surface area contributed by atoms with Crippen LogP contribution in [0.3, 0.4) is 0 Å². The molecule has 2 aromatic carbocycles. The molecule has 0 radical (unpaired) electrons. The number of carbonyl (C=O) groups excluding carboxylic acids is 2. The average molecular weight is 612 g/mol. The Hall–Kier alpha value is -3.61. The number of esters is 1. The molecule has 1 heterocycles. The van der Waals surface area contributed by atoms with E-state index in [9.17, 15) is 9.59 Å². The summed E-state index contributed by atoms with van der Waals surface area (Å²) in [5.74, 6) is 1.83. The summed E-state index contributed by atoms with van der Waals surface area (Å²) in [6.45, 7) is 6.62. The monoisotopic (exact) mass is 611 g/mol. The average Bonchev–Trinajstić information content (AvgIpc) is 3.79. The number of anilines is 1. The Labute approximate surface area is 268 Å². The summed E-state index contributed by atoms with van der Waals surface area (Å²) < 4.78 is 13.1. The van der Waals surface area contributed by atoms with E-state index in [1.165, 1.54) is 24.0 Å². The van der Waals surface area contributed by atoms with Crippen LogP contribution in [-0.2, 0) is 14.3 Å². The molecule has 240 valence electrons. The first-order valence-electron chi connectivity index (χ1n) is 17.1. The Balaban J connectivity index is 1.17. The number of carbonyl (C=O) groups is 2. The van der Waals surface area contributed by atoms with Gasteiger partial charge >= 0.3 is 5.97 Å². The Morgan fingerprint density at radius 1 is 0.911 bits per heavy atom. The summed E-state index contributed by atoms with van der Waals surface area (Å²) in [7, 11) is 1.73. The summed E-state index contributed by atoms with van der Waals surface area (Å²) in [5, 5.41) is 4.61. The van der Waals surface area contributed by atoms with Gasteiger partial charge in [0.2, 0.25) is 5.91 Å². The summed E-state index contributed by atoms with van der Waals surface area (Å²) in [5.41, 5.74) is 5.73. The Bertz CT molecular complexity index is 1480. The zero-order valence-corrected chi connectivity index (χ0v) is 27.4. The smallest absolute Gasteiger partial charge is 0.309 e. The molecule has 1 amide bonds. The molecule has 0 N–H and O–H groups in total. The van der Waals surface area contributed by atoms with E-state index in [2.05, 4.69) is 70.3 Å². The predicted octanol–water partition coefficient (Wildman–Crippen LogP) is 8.27. The summed E-state index contributed by atoms with van der Waals surface area (Å²) in [6, 6.07) is 15.6. The second-order valence-electron chi connectivity index (χ2n) is 13.9. The molecule has 3 aliphatic rings. The Kier molecular flexibility index (Phi) is 9.62. The topological polar surface area (TPSA) is 73.7 Å². The molecule has 3 aromatic rings. The molecule has 0 aliphatic heterocycles.